The summed E-state index contributed by atoms with van der Waals surface area (Å²) in [4.78, 5) is 14.7. The zero-order valence-corrected chi connectivity index (χ0v) is 26.4. The van der Waals surface area contributed by atoms with Gasteiger partial charge in [0.05, 0.1) is 51.4 Å². The minimum Gasteiger partial charge on any atom is -0.396 e. The van der Waals surface area contributed by atoms with Crippen molar-refractivity contribution in [3.8, 4) is 17.1 Å². The first-order valence-corrected chi connectivity index (χ1v) is 15.4. The molecule has 5 rings (SSSR count). The maximum Gasteiger partial charge on any atom is 0.0900 e. The van der Waals surface area contributed by atoms with Gasteiger partial charge in [-0.1, -0.05) is 70.9 Å². The van der Waals surface area contributed by atoms with Crippen LogP contribution in [0.2, 0.25) is 0 Å². The number of aryl methyl sites for hydroxylation is 2. The first-order valence-electron chi connectivity index (χ1n) is 15.4. The van der Waals surface area contributed by atoms with E-state index in [0.717, 1.165) is 76.1 Å². The molecule has 2 N–H and O–H groups in total. The van der Waals surface area contributed by atoms with Crippen LogP contribution < -0.4 is 10.7 Å². The zero-order chi connectivity index (χ0) is 30.5. The molecule has 0 saturated heterocycles. The molecule has 0 amide bonds. The molecule has 1 aliphatic carbocycles. The summed E-state index contributed by atoms with van der Waals surface area (Å²) in [6.07, 6.45) is 7.27. The van der Waals surface area contributed by atoms with Crippen molar-refractivity contribution >= 4 is 22.4 Å². The molecular formula is C36H47N5O. The molecule has 2 aliphatic rings. The molecule has 0 fully saturated rings. The van der Waals surface area contributed by atoms with Crippen LogP contribution >= 0.6 is 0 Å². The topological polar surface area (TPSA) is 75.3 Å². The van der Waals surface area contributed by atoms with Crippen LogP contribution in [0.15, 0.2) is 84.1 Å². The molecule has 0 radical (unpaired) electrons. The number of nitrogens with one attached hydrogen (secondary N) is 1. The molecule has 222 valence electrons. The Bertz CT molecular complexity index is 1570. The van der Waals surface area contributed by atoms with Crippen LogP contribution in [0.1, 0.15) is 71.4 Å². The number of nitrogens with zero attached hydrogens (tertiary/aromatic N) is 4. The first kappa shape index (κ1) is 32.5. The van der Waals surface area contributed by atoms with Gasteiger partial charge in [0, 0.05) is 18.5 Å². The van der Waals surface area contributed by atoms with Gasteiger partial charge >= 0.3 is 0 Å². The van der Waals surface area contributed by atoms with Crippen LogP contribution in [0.5, 0.6) is 0 Å². The number of aliphatic hydroxyl groups excluding tert-OH is 1. The maximum atomic E-state index is 9.48. The van der Waals surface area contributed by atoms with Crippen molar-refractivity contribution in [2.45, 2.75) is 80.2 Å². The number of para-hydroxylation sites is 2. The molecular weight excluding hydrogens is 518 g/mol. The fraction of sp³-hybridized carbons (Fsp3) is 0.361. The van der Waals surface area contributed by atoms with Gasteiger partial charge in [-0.15, -0.1) is 0 Å². The quantitative estimate of drug-likeness (QED) is 0.175. The fourth-order valence-electron chi connectivity index (χ4n) is 4.93. The second-order valence-electron chi connectivity index (χ2n) is 9.94. The van der Waals surface area contributed by atoms with Gasteiger partial charge in [-0.25, -0.2) is 4.98 Å². The van der Waals surface area contributed by atoms with E-state index < -0.39 is 0 Å². The third-order valence-corrected chi connectivity index (χ3v) is 6.78. The minimum absolute atomic E-state index is 0.127. The monoisotopic (exact) mass is 565 g/mol. The lowest BCUT2D eigenvalue weighted by molar-refractivity contribution is 0.278. The van der Waals surface area contributed by atoms with E-state index >= 15 is 0 Å². The lowest BCUT2D eigenvalue weighted by atomic mass is 10.1. The highest BCUT2D eigenvalue weighted by molar-refractivity contribution is 5.84. The Labute approximate surface area is 251 Å². The van der Waals surface area contributed by atoms with E-state index in [2.05, 4.69) is 89.4 Å². The van der Waals surface area contributed by atoms with Gasteiger partial charge in [-0.2, -0.15) is 0 Å². The van der Waals surface area contributed by atoms with Gasteiger partial charge in [0.2, 0.25) is 0 Å². The van der Waals surface area contributed by atoms with Gasteiger partial charge in [0.15, 0.2) is 0 Å². The number of hydrogen-bond donors (Lipinski definition) is 2. The molecule has 3 aromatic rings. The molecule has 1 aliphatic heterocycles. The number of aliphatic hydroxyl groups is 1. The lowest BCUT2D eigenvalue weighted by Gasteiger charge is -2.21. The summed E-state index contributed by atoms with van der Waals surface area (Å²) < 4.78 is 2.27. The number of fused-ring (bicyclic) bond motifs is 2. The van der Waals surface area contributed by atoms with Crippen molar-refractivity contribution in [2.75, 3.05) is 11.9 Å². The van der Waals surface area contributed by atoms with Crippen molar-refractivity contribution in [3.05, 3.63) is 95.6 Å². The summed E-state index contributed by atoms with van der Waals surface area (Å²) in [5.41, 5.74) is 9.05. The van der Waals surface area contributed by atoms with Gasteiger partial charge < -0.3 is 15.0 Å². The van der Waals surface area contributed by atoms with E-state index in [4.69, 9.17) is 9.98 Å². The summed E-state index contributed by atoms with van der Waals surface area (Å²) >= 11 is 0. The molecule has 1 unspecified atom stereocenters. The third-order valence-electron chi connectivity index (χ3n) is 6.78. The summed E-state index contributed by atoms with van der Waals surface area (Å²) in [5, 5.41) is 13.9. The highest BCUT2D eigenvalue weighted by Crippen LogP contribution is 2.30. The molecule has 2 heterocycles. The van der Waals surface area contributed by atoms with E-state index in [0.29, 0.717) is 0 Å². The van der Waals surface area contributed by atoms with E-state index in [-0.39, 0.29) is 12.6 Å². The second-order valence-corrected chi connectivity index (χ2v) is 9.94. The van der Waals surface area contributed by atoms with Crippen LogP contribution in [0.25, 0.3) is 28.1 Å². The van der Waals surface area contributed by atoms with Crippen molar-refractivity contribution in [1.29, 1.82) is 0 Å². The van der Waals surface area contributed by atoms with Gasteiger partial charge in [-0.05, 0) is 81.1 Å². The SMILES string of the molecule is CC.CC.CCCC(CCCO)N=c1cc2n(-c3ccc(C)cc3)c3ccccc3nc-2cc1Nc1cncc(C)c1. The first-order chi connectivity index (χ1) is 20.6. The molecule has 6 nitrogen and oxygen atoms in total. The third kappa shape index (κ3) is 8.04. The normalized spacial score (nSPS) is 11.9. The highest BCUT2D eigenvalue weighted by Gasteiger charge is 2.17. The van der Waals surface area contributed by atoms with E-state index in [9.17, 15) is 5.11 Å². The average Bonchev–Trinajstić information content (AvgIpc) is 3.02. The Morgan fingerprint density at radius 2 is 1.62 bits per heavy atom. The van der Waals surface area contributed by atoms with Gasteiger partial charge in [-0.3, -0.25) is 9.98 Å². The van der Waals surface area contributed by atoms with Crippen LogP contribution in [0, 0.1) is 13.8 Å². The summed E-state index contributed by atoms with van der Waals surface area (Å²) in [6, 6.07) is 23.3. The fourth-order valence-corrected chi connectivity index (χ4v) is 4.93. The van der Waals surface area contributed by atoms with E-state index in [1.54, 1.807) is 0 Å². The Morgan fingerprint density at radius 1 is 0.881 bits per heavy atom. The number of rotatable bonds is 9. The molecule has 0 spiro atoms. The number of benzene rings is 3. The maximum absolute atomic E-state index is 9.48. The standard InChI is InChI=1S/C32H35N5O.2C2H6/c1-4-8-24(9-7-16-38)34-29-19-32-30(18-28(29)35-25-17-23(3)20-33-21-25)36-27-10-5-6-11-31(27)37(32)26-14-12-22(2)13-15-26;2*1-2/h5-6,10-15,17-21,24,35,38H,4,7-9,16H2,1-3H3;2*1-2H3. The second kappa shape index (κ2) is 16.4. The smallest absolute Gasteiger partial charge is 0.0900 e. The average molecular weight is 566 g/mol. The van der Waals surface area contributed by atoms with Crippen molar-refractivity contribution in [2.24, 2.45) is 4.99 Å². The summed E-state index contributed by atoms with van der Waals surface area (Å²) in [6.45, 7) is 14.5. The van der Waals surface area contributed by atoms with Crippen LogP contribution in [-0.4, -0.2) is 32.3 Å². The lowest BCUT2D eigenvalue weighted by Crippen LogP contribution is -2.18. The number of pyridine rings is 1. The number of aromatic nitrogens is 3. The molecule has 1 aromatic heterocycles. The molecule has 42 heavy (non-hydrogen) atoms. The minimum atomic E-state index is 0.127. The molecule has 1 atom stereocenters. The predicted molar refractivity (Wildman–Crippen MR) is 178 cm³/mol. The Morgan fingerprint density at radius 3 is 2.31 bits per heavy atom. The predicted octanol–water partition coefficient (Wildman–Crippen LogP) is 8.78. The zero-order valence-electron chi connectivity index (χ0n) is 26.4. The van der Waals surface area contributed by atoms with Crippen LogP contribution in [0.3, 0.4) is 0 Å². The van der Waals surface area contributed by atoms with Crippen molar-refractivity contribution < 1.29 is 5.11 Å². The van der Waals surface area contributed by atoms with E-state index in [1.165, 1.54) is 5.56 Å². The number of anilines is 2. The highest BCUT2D eigenvalue weighted by atomic mass is 16.2. The van der Waals surface area contributed by atoms with Crippen LogP contribution in [-0.2, 0) is 0 Å². The number of hydrogen-bond acceptors (Lipinski definition) is 5. The summed E-state index contributed by atoms with van der Waals surface area (Å²) in [7, 11) is 0. The van der Waals surface area contributed by atoms with Crippen molar-refractivity contribution in [3.63, 3.8) is 0 Å². The van der Waals surface area contributed by atoms with Crippen molar-refractivity contribution in [1.82, 2.24) is 14.5 Å². The van der Waals surface area contributed by atoms with E-state index in [1.807, 2.05) is 53.1 Å². The molecule has 6 heteroatoms. The Kier molecular flexibility index (Phi) is 12.7. The molecule has 2 aromatic carbocycles. The molecule has 0 bridgehead atoms. The van der Waals surface area contributed by atoms with Gasteiger partial charge in [0.25, 0.3) is 0 Å². The Hall–Kier alpha value is -4.03. The van der Waals surface area contributed by atoms with Gasteiger partial charge in [0.1, 0.15) is 0 Å². The largest absolute Gasteiger partial charge is 0.396 e. The Balaban J connectivity index is 0.00000116. The van der Waals surface area contributed by atoms with Crippen LogP contribution in [0.4, 0.5) is 11.4 Å². The molecule has 0 saturated carbocycles. The summed E-state index contributed by atoms with van der Waals surface area (Å²) in [5.74, 6) is 0.